The van der Waals surface area contributed by atoms with Gasteiger partial charge in [0.1, 0.15) is 5.75 Å². The maximum Gasteiger partial charge on any atom is 0.239 e. The molecule has 5 nitrogen and oxygen atoms in total. The zero-order valence-electron chi connectivity index (χ0n) is 13.3. The fourth-order valence-corrected chi connectivity index (χ4v) is 1.99. The van der Waals surface area contributed by atoms with Crippen LogP contribution < -0.4 is 10.1 Å². The average molecular weight is 327 g/mol. The lowest BCUT2D eigenvalue weighted by atomic mass is 10.3. The molecule has 6 heteroatoms. The number of carbonyl (C=O) groups is 2. The van der Waals surface area contributed by atoms with Crippen molar-refractivity contribution in [2.45, 2.75) is 33.2 Å². The van der Waals surface area contributed by atoms with Crippen LogP contribution in [-0.4, -0.2) is 42.5 Å². The summed E-state index contributed by atoms with van der Waals surface area (Å²) in [5, 5.41) is 3.41. The van der Waals surface area contributed by atoms with Crippen LogP contribution >= 0.6 is 11.6 Å². The van der Waals surface area contributed by atoms with Gasteiger partial charge in [0, 0.05) is 17.6 Å². The number of nitrogens with one attached hydrogen (secondary N) is 1. The predicted octanol–water partition coefficient (Wildman–Crippen LogP) is 2.48. The van der Waals surface area contributed by atoms with Crippen molar-refractivity contribution in [1.82, 2.24) is 10.2 Å². The van der Waals surface area contributed by atoms with Crippen LogP contribution in [0.3, 0.4) is 0 Å². The van der Waals surface area contributed by atoms with Gasteiger partial charge in [0.2, 0.25) is 11.8 Å². The summed E-state index contributed by atoms with van der Waals surface area (Å²) in [4.78, 5) is 25.3. The standard InChI is InChI=1S/C16H23ClN2O3/c1-4-19(11-15(20)18-12(2)3)16(21)9-10-22-14-7-5-13(17)6-8-14/h5-8,12H,4,9-11H2,1-3H3,(H,18,20). The molecule has 0 spiro atoms. The third-order valence-electron chi connectivity index (χ3n) is 2.92. The van der Waals surface area contributed by atoms with Gasteiger partial charge >= 0.3 is 0 Å². The molecule has 0 aromatic heterocycles. The first-order valence-corrected chi connectivity index (χ1v) is 7.75. The van der Waals surface area contributed by atoms with Crippen LogP contribution in [0.15, 0.2) is 24.3 Å². The lowest BCUT2D eigenvalue weighted by Crippen LogP contribution is -2.42. The maximum absolute atomic E-state index is 12.1. The summed E-state index contributed by atoms with van der Waals surface area (Å²) < 4.78 is 5.49. The van der Waals surface area contributed by atoms with Crippen LogP contribution in [0.2, 0.25) is 5.02 Å². The molecule has 0 heterocycles. The topological polar surface area (TPSA) is 58.6 Å². The minimum Gasteiger partial charge on any atom is -0.493 e. The first-order chi connectivity index (χ1) is 10.4. The van der Waals surface area contributed by atoms with Crippen molar-refractivity contribution in [2.75, 3.05) is 19.7 Å². The maximum atomic E-state index is 12.1. The van der Waals surface area contributed by atoms with E-state index in [2.05, 4.69) is 5.32 Å². The van der Waals surface area contributed by atoms with Gasteiger partial charge in [-0.1, -0.05) is 11.6 Å². The van der Waals surface area contributed by atoms with E-state index in [1.807, 2.05) is 20.8 Å². The Balaban J connectivity index is 2.38. The summed E-state index contributed by atoms with van der Waals surface area (Å²) in [5.41, 5.74) is 0. The van der Waals surface area contributed by atoms with Crippen LogP contribution in [0.5, 0.6) is 5.75 Å². The Morgan fingerprint density at radius 2 is 1.91 bits per heavy atom. The highest BCUT2D eigenvalue weighted by atomic mass is 35.5. The van der Waals surface area contributed by atoms with Crippen LogP contribution in [-0.2, 0) is 9.59 Å². The van der Waals surface area contributed by atoms with Gasteiger partial charge in [-0.3, -0.25) is 9.59 Å². The molecule has 2 amide bonds. The molecule has 22 heavy (non-hydrogen) atoms. The second-order valence-electron chi connectivity index (χ2n) is 5.18. The molecule has 0 saturated carbocycles. The molecule has 0 radical (unpaired) electrons. The molecule has 0 fully saturated rings. The van der Waals surface area contributed by atoms with Gasteiger partial charge in [-0.2, -0.15) is 0 Å². The summed E-state index contributed by atoms with van der Waals surface area (Å²) in [6.07, 6.45) is 0.228. The third kappa shape index (κ3) is 6.80. The highest BCUT2D eigenvalue weighted by Gasteiger charge is 2.15. The van der Waals surface area contributed by atoms with Crippen LogP contribution in [0.4, 0.5) is 0 Å². The van der Waals surface area contributed by atoms with Crippen LogP contribution in [0.25, 0.3) is 0 Å². The fourth-order valence-electron chi connectivity index (χ4n) is 1.86. The molecule has 1 aromatic carbocycles. The Bertz CT molecular complexity index is 489. The number of benzene rings is 1. The SMILES string of the molecule is CCN(CC(=O)NC(C)C)C(=O)CCOc1ccc(Cl)cc1. The van der Waals surface area contributed by atoms with E-state index in [1.54, 1.807) is 24.3 Å². The van der Waals surface area contributed by atoms with Gasteiger partial charge in [-0.25, -0.2) is 0 Å². The molecule has 0 aliphatic heterocycles. The van der Waals surface area contributed by atoms with E-state index >= 15 is 0 Å². The average Bonchev–Trinajstić information content (AvgIpc) is 2.46. The summed E-state index contributed by atoms with van der Waals surface area (Å²) in [6, 6.07) is 7.02. The zero-order chi connectivity index (χ0) is 16.5. The lowest BCUT2D eigenvalue weighted by Gasteiger charge is -2.21. The predicted molar refractivity (Wildman–Crippen MR) is 87.1 cm³/mol. The van der Waals surface area contributed by atoms with E-state index in [9.17, 15) is 9.59 Å². The number of likely N-dealkylation sites (N-methyl/N-ethyl adjacent to an activating group) is 1. The highest BCUT2D eigenvalue weighted by Crippen LogP contribution is 2.15. The number of nitrogens with zero attached hydrogens (tertiary/aromatic N) is 1. The van der Waals surface area contributed by atoms with E-state index in [-0.39, 0.29) is 37.4 Å². The van der Waals surface area contributed by atoms with Gasteiger partial charge in [-0.15, -0.1) is 0 Å². The van der Waals surface area contributed by atoms with Crippen LogP contribution in [0, 0.1) is 0 Å². The summed E-state index contributed by atoms with van der Waals surface area (Å²) in [6.45, 7) is 6.45. The summed E-state index contributed by atoms with van der Waals surface area (Å²) >= 11 is 5.79. The molecule has 0 atom stereocenters. The molecule has 0 aliphatic carbocycles. The lowest BCUT2D eigenvalue weighted by molar-refractivity contribution is -0.136. The summed E-state index contributed by atoms with van der Waals surface area (Å²) in [7, 11) is 0. The largest absolute Gasteiger partial charge is 0.493 e. The van der Waals surface area contributed by atoms with E-state index in [4.69, 9.17) is 16.3 Å². The van der Waals surface area contributed by atoms with Gasteiger partial charge in [0.25, 0.3) is 0 Å². The van der Waals surface area contributed by atoms with Gasteiger partial charge in [0.15, 0.2) is 0 Å². The van der Waals surface area contributed by atoms with E-state index in [0.717, 1.165) is 0 Å². The molecule has 1 N–H and O–H groups in total. The molecule has 1 aromatic rings. The molecular formula is C16H23ClN2O3. The van der Waals surface area contributed by atoms with Crippen molar-refractivity contribution in [2.24, 2.45) is 0 Å². The summed E-state index contributed by atoms with van der Waals surface area (Å²) in [5.74, 6) is 0.414. The zero-order valence-corrected chi connectivity index (χ0v) is 14.0. The Morgan fingerprint density at radius 1 is 1.27 bits per heavy atom. The molecule has 0 unspecified atom stereocenters. The third-order valence-corrected chi connectivity index (χ3v) is 3.17. The van der Waals surface area contributed by atoms with E-state index in [0.29, 0.717) is 17.3 Å². The molecule has 1 rings (SSSR count). The van der Waals surface area contributed by atoms with Crippen molar-refractivity contribution < 1.29 is 14.3 Å². The minimum absolute atomic E-state index is 0.0644. The molecule has 0 saturated heterocycles. The van der Waals surface area contributed by atoms with Gasteiger partial charge in [0.05, 0.1) is 19.6 Å². The smallest absolute Gasteiger partial charge is 0.239 e. The van der Waals surface area contributed by atoms with Crippen molar-refractivity contribution in [3.8, 4) is 5.75 Å². The number of ether oxygens (including phenoxy) is 1. The second kappa shape index (κ2) is 9.30. The van der Waals surface area contributed by atoms with Crippen molar-refractivity contribution in [3.63, 3.8) is 0 Å². The molecule has 0 bridgehead atoms. The molecule has 122 valence electrons. The van der Waals surface area contributed by atoms with Crippen molar-refractivity contribution in [1.29, 1.82) is 0 Å². The first kappa shape index (κ1) is 18.3. The second-order valence-corrected chi connectivity index (χ2v) is 5.62. The van der Waals surface area contributed by atoms with Crippen molar-refractivity contribution in [3.05, 3.63) is 29.3 Å². The normalized spacial score (nSPS) is 10.4. The Labute approximate surface area is 136 Å². The van der Waals surface area contributed by atoms with Gasteiger partial charge in [-0.05, 0) is 45.0 Å². The Morgan fingerprint density at radius 3 is 2.45 bits per heavy atom. The van der Waals surface area contributed by atoms with Crippen LogP contribution in [0.1, 0.15) is 27.2 Å². The van der Waals surface area contributed by atoms with E-state index < -0.39 is 0 Å². The quantitative estimate of drug-likeness (QED) is 0.798. The van der Waals surface area contributed by atoms with Gasteiger partial charge < -0.3 is 15.0 Å². The number of hydrogen-bond donors (Lipinski definition) is 1. The number of halogens is 1. The number of carbonyl (C=O) groups excluding carboxylic acids is 2. The first-order valence-electron chi connectivity index (χ1n) is 7.38. The Kier molecular flexibility index (Phi) is 7.74. The fraction of sp³-hybridized carbons (Fsp3) is 0.500. The minimum atomic E-state index is -0.149. The monoisotopic (exact) mass is 326 g/mol. The van der Waals surface area contributed by atoms with E-state index in [1.165, 1.54) is 4.90 Å². The number of hydrogen-bond acceptors (Lipinski definition) is 3. The Hall–Kier alpha value is -1.75. The number of amides is 2. The molecular weight excluding hydrogens is 304 g/mol. The molecule has 0 aliphatic rings. The number of rotatable bonds is 8. The highest BCUT2D eigenvalue weighted by molar-refractivity contribution is 6.30. The van der Waals surface area contributed by atoms with Crippen molar-refractivity contribution >= 4 is 23.4 Å².